The first-order valence-corrected chi connectivity index (χ1v) is 8.54. The lowest BCUT2D eigenvalue weighted by molar-refractivity contribution is -0.146. The second-order valence-electron chi connectivity index (χ2n) is 5.92. The van der Waals surface area contributed by atoms with Crippen molar-refractivity contribution < 1.29 is 59.1 Å². The number of hydrogen-bond acceptors (Lipinski definition) is 10. The Kier molecular flexibility index (Phi) is 16.7. The topological polar surface area (TPSA) is 230 Å². The molecule has 0 aliphatic rings. The molecule has 176 valence electrons. The minimum atomic E-state index is -1.26. The van der Waals surface area contributed by atoms with Crippen molar-refractivity contribution in [2.75, 3.05) is 58.9 Å². The molecule has 0 aromatic carbocycles. The van der Waals surface area contributed by atoms with Crippen LogP contribution in [0.1, 0.15) is 0 Å². The number of carboxylic acid groups (broad SMARTS) is 5. The van der Waals surface area contributed by atoms with Crippen LogP contribution < -0.4 is 0 Å². The fraction of sp³-hybridized carbons (Fsp3) is 0.562. The van der Waals surface area contributed by atoms with Gasteiger partial charge in [0.05, 0.1) is 45.8 Å². The fourth-order valence-corrected chi connectivity index (χ4v) is 2.09. The lowest BCUT2D eigenvalue weighted by atomic mass is 10.4. The number of aliphatic carboxylic acids is 5. The SMILES string of the molecule is O=C(O)CN(CC(=O)O)CC(=O)O.O=CCN(CC=O)CCN(CC(=O)O)CC(=O)O. The maximum absolute atomic E-state index is 10.5. The van der Waals surface area contributed by atoms with Gasteiger partial charge < -0.3 is 35.1 Å². The van der Waals surface area contributed by atoms with Gasteiger partial charge >= 0.3 is 29.8 Å². The molecular formula is C16H25N3O12. The molecule has 0 heterocycles. The molecule has 0 bridgehead atoms. The Morgan fingerprint density at radius 3 is 1.00 bits per heavy atom. The van der Waals surface area contributed by atoms with E-state index >= 15 is 0 Å². The van der Waals surface area contributed by atoms with Crippen molar-refractivity contribution in [2.45, 2.75) is 0 Å². The molecule has 0 atom stereocenters. The first-order valence-electron chi connectivity index (χ1n) is 8.54. The van der Waals surface area contributed by atoms with Gasteiger partial charge in [-0.25, -0.2) is 0 Å². The molecule has 0 aromatic heterocycles. The molecule has 0 saturated heterocycles. The van der Waals surface area contributed by atoms with Crippen molar-refractivity contribution in [1.82, 2.24) is 14.7 Å². The number of rotatable bonds is 17. The summed E-state index contributed by atoms with van der Waals surface area (Å²) in [5.74, 6) is -6.05. The van der Waals surface area contributed by atoms with E-state index in [1.807, 2.05) is 0 Å². The zero-order chi connectivity index (χ0) is 24.4. The van der Waals surface area contributed by atoms with Gasteiger partial charge in [0.25, 0.3) is 0 Å². The number of nitrogens with zero attached hydrogens (tertiary/aromatic N) is 3. The molecule has 15 heteroatoms. The van der Waals surface area contributed by atoms with Gasteiger partial charge in [-0.05, 0) is 0 Å². The first kappa shape index (κ1) is 29.8. The third-order valence-corrected chi connectivity index (χ3v) is 3.19. The van der Waals surface area contributed by atoms with Crippen molar-refractivity contribution in [3.8, 4) is 0 Å². The normalized spacial score (nSPS) is 10.3. The van der Waals surface area contributed by atoms with Crippen LogP contribution in [-0.2, 0) is 33.6 Å². The van der Waals surface area contributed by atoms with Gasteiger partial charge in [-0.15, -0.1) is 0 Å². The van der Waals surface area contributed by atoms with Crippen molar-refractivity contribution in [3.63, 3.8) is 0 Å². The summed E-state index contributed by atoms with van der Waals surface area (Å²) < 4.78 is 0. The molecular weight excluding hydrogens is 426 g/mol. The van der Waals surface area contributed by atoms with Crippen molar-refractivity contribution in [2.24, 2.45) is 0 Å². The molecule has 0 aliphatic carbocycles. The van der Waals surface area contributed by atoms with Gasteiger partial charge in [0.1, 0.15) is 12.6 Å². The maximum atomic E-state index is 10.5. The molecule has 31 heavy (non-hydrogen) atoms. The predicted octanol–water partition coefficient (Wildman–Crippen LogP) is -3.30. The van der Waals surface area contributed by atoms with Crippen LogP contribution >= 0.6 is 0 Å². The highest BCUT2D eigenvalue weighted by atomic mass is 16.4. The highest BCUT2D eigenvalue weighted by Gasteiger charge is 2.16. The molecule has 0 amide bonds. The van der Waals surface area contributed by atoms with Crippen LogP contribution in [0.3, 0.4) is 0 Å². The second-order valence-corrected chi connectivity index (χ2v) is 5.92. The molecule has 15 nitrogen and oxygen atoms in total. The van der Waals surface area contributed by atoms with Crippen LogP contribution in [0.4, 0.5) is 0 Å². The van der Waals surface area contributed by atoms with Crippen LogP contribution in [0.15, 0.2) is 0 Å². The third-order valence-electron chi connectivity index (χ3n) is 3.19. The lowest BCUT2D eigenvalue weighted by Gasteiger charge is -2.22. The van der Waals surface area contributed by atoms with Gasteiger partial charge in [-0.3, -0.25) is 38.7 Å². The number of carboxylic acids is 5. The van der Waals surface area contributed by atoms with Gasteiger partial charge in [0.15, 0.2) is 0 Å². The summed E-state index contributed by atoms with van der Waals surface area (Å²) in [6.45, 7) is -2.10. The van der Waals surface area contributed by atoms with E-state index in [-0.39, 0.29) is 26.2 Å². The Balaban J connectivity index is 0. The Morgan fingerprint density at radius 2 is 0.742 bits per heavy atom. The Bertz CT molecular complexity index is 575. The molecule has 0 spiro atoms. The zero-order valence-electron chi connectivity index (χ0n) is 16.5. The van der Waals surface area contributed by atoms with Crippen LogP contribution in [0.25, 0.3) is 0 Å². The molecule has 0 fully saturated rings. The monoisotopic (exact) mass is 451 g/mol. The minimum absolute atomic E-state index is 0.0483. The summed E-state index contributed by atoms with van der Waals surface area (Å²) in [5, 5.41) is 42.1. The zero-order valence-corrected chi connectivity index (χ0v) is 16.5. The Hall–Kier alpha value is -3.43. The van der Waals surface area contributed by atoms with E-state index in [2.05, 4.69) is 0 Å². The van der Waals surface area contributed by atoms with E-state index in [0.717, 1.165) is 4.90 Å². The van der Waals surface area contributed by atoms with Crippen LogP contribution in [0, 0.1) is 0 Å². The van der Waals surface area contributed by atoms with Gasteiger partial charge in [-0.2, -0.15) is 0 Å². The van der Waals surface area contributed by atoms with Crippen molar-refractivity contribution in [3.05, 3.63) is 0 Å². The smallest absolute Gasteiger partial charge is 0.317 e. The quantitative estimate of drug-likeness (QED) is 0.136. The third kappa shape index (κ3) is 21.1. The van der Waals surface area contributed by atoms with Crippen LogP contribution in [0.5, 0.6) is 0 Å². The van der Waals surface area contributed by atoms with E-state index in [0.29, 0.717) is 12.6 Å². The van der Waals surface area contributed by atoms with Gasteiger partial charge in [-0.1, -0.05) is 0 Å². The lowest BCUT2D eigenvalue weighted by Crippen LogP contribution is -2.41. The van der Waals surface area contributed by atoms with Crippen molar-refractivity contribution >= 4 is 42.4 Å². The summed E-state index contributed by atoms with van der Waals surface area (Å²) in [6, 6.07) is 0. The van der Waals surface area contributed by atoms with E-state index in [4.69, 9.17) is 25.5 Å². The van der Waals surface area contributed by atoms with E-state index < -0.39 is 62.6 Å². The van der Waals surface area contributed by atoms with E-state index in [1.165, 1.54) is 9.80 Å². The summed E-state index contributed by atoms with van der Waals surface area (Å²) in [4.78, 5) is 75.7. The highest BCUT2D eigenvalue weighted by molar-refractivity contribution is 5.75. The molecule has 0 rings (SSSR count). The first-order chi connectivity index (χ1) is 14.4. The van der Waals surface area contributed by atoms with Crippen LogP contribution in [-0.4, -0.2) is 142 Å². The Labute approximate surface area is 176 Å². The molecule has 0 radical (unpaired) electrons. The summed E-state index contributed by atoms with van der Waals surface area (Å²) in [7, 11) is 0. The number of carbonyl (C=O) groups is 7. The molecule has 0 aromatic rings. The number of aldehydes is 2. The molecule has 0 unspecified atom stereocenters. The van der Waals surface area contributed by atoms with E-state index in [1.54, 1.807) is 0 Å². The predicted molar refractivity (Wildman–Crippen MR) is 99.6 cm³/mol. The Morgan fingerprint density at radius 1 is 0.484 bits per heavy atom. The molecule has 5 N–H and O–H groups in total. The van der Waals surface area contributed by atoms with Crippen LogP contribution in [0.2, 0.25) is 0 Å². The highest BCUT2D eigenvalue weighted by Crippen LogP contribution is 1.92. The average molecular weight is 451 g/mol. The van der Waals surface area contributed by atoms with Gasteiger partial charge in [0.2, 0.25) is 0 Å². The fourth-order valence-electron chi connectivity index (χ4n) is 2.09. The molecule has 0 aliphatic heterocycles. The summed E-state index contributed by atoms with van der Waals surface area (Å²) >= 11 is 0. The number of carbonyl (C=O) groups excluding carboxylic acids is 2. The molecule has 0 saturated carbocycles. The number of hydrogen-bond donors (Lipinski definition) is 5. The largest absolute Gasteiger partial charge is 0.480 e. The minimum Gasteiger partial charge on any atom is -0.480 e. The summed E-state index contributed by atoms with van der Waals surface area (Å²) in [5.41, 5.74) is 0. The van der Waals surface area contributed by atoms with E-state index in [9.17, 15) is 33.6 Å². The standard InChI is InChI=1S/C10H16N2O6.C6H9NO6/c13-5-3-11(4-6-14)1-2-12(7-9(15)16)8-10(17)18;8-4(9)1-7(2-5(10)11)3-6(12)13/h5-6H,1-4,7-8H2,(H,15,16)(H,17,18);1-3H2,(H,8,9)(H,10,11)(H,12,13). The van der Waals surface area contributed by atoms with Gasteiger partial charge in [0, 0.05) is 13.1 Å². The van der Waals surface area contributed by atoms with Crippen molar-refractivity contribution in [1.29, 1.82) is 0 Å². The maximum Gasteiger partial charge on any atom is 0.317 e. The summed E-state index contributed by atoms with van der Waals surface area (Å²) in [6.07, 6.45) is 1.25. The second kappa shape index (κ2) is 17.4. The average Bonchev–Trinajstić information content (AvgIpc) is 2.57.